The number of aromatic nitrogens is 1. The fourth-order valence-corrected chi connectivity index (χ4v) is 3.12. The molecule has 1 aliphatic rings. The Balaban J connectivity index is 2.00. The summed E-state index contributed by atoms with van der Waals surface area (Å²) in [5.74, 6) is 0.358. The molecule has 0 spiro atoms. The molecule has 0 atom stereocenters. The van der Waals surface area contributed by atoms with E-state index in [2.05, 4.69) is 38.0 Å². The molecule has 4 heteroatoms. The van der Waals surface area contributed by atoms with Crippen LogP contribution in [0.3, 0.4) is 0 Å². The molecule has 0 saturated heterocycles. The highest BCUT2D eigenvalue weighted by atomic mass is 35.5. The third kappa shape index (κ3) is 2.36. The molecule has 2 rings (SSSR count). The van der Waals surface area contributed by atoms with Crippen LogP contribution in [-0.2, 0) is 0 Å². The van der Waals surface area contributed by atoms with Crippen LogP contribution in [0.4, 0.5) is 0 Å². The molecule has 0 aromatic carbocycles. The zero-order valence-electron chi connectivity index (χ0n) is 12.2. The number of amides is 1. The van der Waals surface area contributed by atoms with E-state index in [0.29, 0.717) is 23.0 Å². The van der Waals surface area contributed by atoms with Crippen molar-refractivity contribution in [2.75, 3.05) is 6.54 Å². The molecule has 0 aliphatic heterocycles. The molecule has 1 saturated carbocycles. The lowest BCUT2D eigenvalue weighted by Gasteiger charge is -2.08. The van der Waals surface area contributed by atoms with Crippen molar-refractivity contribution in [3.63, 3.8) is 0 Å². The molecule has 1 aliphatic carbocycles. The summed E-state index contributed by atoms with van der Waals surface area (Å²) in [7, 11) is 0. The van der Waals surface area contributed by atoms with Crippen molar-refractivity contribution in [3.05, 3.63) is 28.5 Å². The summed E-state index contributed by atoms with van der Waals surface area (Å²) in [6, 6.07) is 1.71. The maximum Gasteiger partial charge on any atom is 0.254 e. The lowest BCUT2D eigenvalue weighted by molar-refractivity contribution is 0.0949. The Labute approximate surface area is 119 Å². The fourth-order valence-electron chi connectivity index (χ4n) is 2.83. The average Bonchev–Trinajstić information content (AvgIpc) is 2.66. The van der Waals surface area contributed by atoms with E-state index in [1.54, 1.807) is 6.07 Å². The number of nitrogens with zero attached hydrogens (tertiary/aromatic N) is 1. The van der Waals surface area contributed by atoms with Crippen molar-refractivity contribution in [2.24, 2.45) is 16.7 Å². The quantitative estimate of drug-likeness (QED) is 0.921. The number of pyridine rings is 1. The van der Waals surface area contributed by atoms with Gasteiger partial charge in [-0.2, -0.15) is 0 Å². The minimum Gasteiger partial charge on any atom is -0.352 e. The van der Waals surface area contributed by atoms with E-state index in [1.807, 2.05) is 6.92 Å². The molecule has 1 fully saturated rings. The summed E-state index contributed by atoms with van der Waals surface area (Å²) in [5, 5.41) is 3.43. The molecule has 1 amide bonds. The lowest BCUT2D eigenvalue weighted by atomic mass is 10.0. The Morgan fingerprint density at radius 1 is 1.37 bits per heavy atom. The van der Waals surface area contributed by atoms with E-state index in [-0.39, 0.29) is 16.7 Å². The largest absolute Gasteiger partial charge is 0.352 e. The van der Waals surface area contributed by atoms with Gasteiger partial charge in [0.2, 0.25) is 0 Å². The smallest absolute Gasteiger partial charge is 0.254 e. The minimum atomic E-state index is -0.143. The molecule has 1 heterocycles. The second-order valence-electron chi connectivity index (χ2n) is 6.51. The molecule has 1 aromatic heterocycles. The van der Waals surface area contributed by atoms with Crippen molar-refractivity contribution in [3.8, 4) is 0 Å². The van der Waals surface area contributed by atoms with E-state index < -0.39 is 0 Å². The SMILES string of the molecule is Cc1cc(Cl)c(C(=O)NCC2C(C)(C)C2(C)C)cn1. The maximum absolute atomic E-state index is 12.1. The van der Waals surface area contributed by atoms with Gasteiger partial charge in [0.05, 0.1) is 10.6 Å². The number of aryl methyl sites for hydroxylation is 1. The van der Waals surface area contributed by atoms with Crippen LogP contribution in [0, 0.1) is 23.7 Å². The monoisotopic (exact) mass is 280 g/mol. The second kappa shape index (κ2) is 4.48. The van der Waals surface area contributed by atoms with Crippen LogP contribution >= 0.6 is 11.6 Å². The van der Waals surface area contributed by atoms with Crippen LogP contribution in [0.25, 0.3) is 0 Å². The lowest BCUT2D eigenvalue weighted by Crippen LogP contribution is -2.27. The van der Waals surface area contributed by atoms with E-state index in [4.69, 9.17) is 11.6 Å². The number of halogens is 1. The number of hydrogen-bond donors (Lipinski definition) is 1. The first kappa shape index (κ1) is 14.3. The molecule has 0 unspecified atom stereocenters. The van der Waals surface area contributed by atoms with Gasteiger partial charge in [-0.05, 0) is 29.7 Å². The average molecular weight is 281 g/mol. The Morgan fingerprint density at radius 2 is 1.95 bits per heavy atom. The fraction of sp³-hybridized carbons (Fsp3) is 0.600. The summed E-state index contributed by atoms with van der Waals surface area (Å²) in [5.41, 5.74) is 1.81. The van der Waals surface area contributed by atoms with Gasteiger partial charge in [-0.1, -0.05) is 39.3 Å². The highest BCUT2D eigenvalue weighted by Gasteiger charge is 2.64. The van der Waals surface area contributed by atoms with Crippen LogP contribution in [0.1, 0.15) is 43.7 Å². The number of carbonyl (C=O) groups is 1. The summed E-state index contributed by atoms with van der Waals surface area (Å²) in [6.07, 6.45) is 1.54. The normalized spacial score (nSPS) is 20.1. The second-order valence-corrected chi connectivity index (χ2v) is 6.92. The summed E-state index contributed by atoms with van der Waals surface area (Å²) >= 11 is 6.07. The molecule has 104 valence electrons. The predicted octanol–water partition coefficient (Wildman–Crippen LogP) is 3.46. The highest BCUT2D eigenvalue weighted by Crippen LogP contribution is 2.67. The van der Waals surface area contributed by atoms with Gasteiger partial charge in [0.1, 0.15) is 0 Å². The summed E-state index contributed by atoms with van der Waals surface area (Å²) in [4.78, 5) is 16.2. The van der Waals surface area contributed by atoms with E-state index >= 15 is 0 Å². The van der Waals surface area contributed by atoms with Crippen molar-refractivity contribution >= 4 is 17.5 Å². The van der Waals surface area contributed by atoms with Crippen LogP contribution in [0.15, 0.2) is 12.3 Å². The van der Waals surface area contributed by atoms with Gasteiger partial charge in [0.15, 0.2) is 0 Å². The van der Waals surface area contributed by atoms with Gasteiger partial charge >= 0.3 is 0 Å². The Bertz CT molecular complexity index is 509. The van der Waals surface area contributed by atoms with Gasteiger partial charge in [0.25, 0.3) is 5.91 Å². The van der Waals surface area contributed by atoms with Gasteiger partial charge < -0.3 is 5.32 Å². The van der Waals surface area contributed by atoms with Crippen LogP contribution in [-0.4, -0.2) is 17.4 Å². The van der Waals surface area contributed by atoms with Crippen molar-refractivity contribution in [1.29, 1.82) is 0 Å². The van der Waals surface area contributed by atoms with Gasteiger partial charge in [-0.3, -0.25) is 9.78 Å². The number of rotatable bonds is 3. The zero-order valence-corrected chi connectivity index (χ0v) is 12.9. The van der Waals surface area contributed by atoms with Crippen LogP contribution in [0.5, 0.6) is 0 Å². The Morgan fingerprint density at radius 3 is 2.42 bits per heavy atom. The van der Waals surface area contributed by atoms with E-state index in [9.17, 15) is 4.79 Å². The zero-order chi connectivity index (χ0) is 14.4. The van der Waals surface area contributed by atoms with Crippen molar-refractivity contribution in [2.45, 2.75) is 34.6 Å². The Kier molecular flexibility index (Phi) is 3.38. The van der Waals surface area contributed by atoms with E-state index in [0.717, 1.165) is 5.69 Å². The Hall–Kier alpha value is -1.09. The first-order valence-corrected chi connectivity index (χ1v) is 6.96. The van der Waals surface area contributed by atoms with Gasteiger partial charge in [-0.15, -0.1) is 0 Å². The third-order valence-corrected chi connectivity index (χ3v) is 5.33. The van der Waals surface area contributed by atoms with Crippen molar-refractivity contribution in [1.82, 2.24) is 10.3 Å². The standard InChI is InChI=1S/C15H21ClN2O/c1-9-6-11(16)10(7-17-9)13(19)18-8-12-14(2,3)15(12,4)5/h6-7,12H,8H2,1-5H3,(H,18,19). The highest BCUT2D eigenvalue weighted by molar-refractivity contribution is 6.33. The van der Waals surface area contributed by atoms with Crippen molar-refractivity contribution < 1.29 is 4.79 Å². The maximum atomic E-state index is 12.1. The molecule has 0 bridgehead atoms. The first-order valence-electron chi connectivity index (χ1n) is 6.58. The molecule has 0 radical (unpaired) electrons. The molecule has 19 heavy (non-hydrogen) atoms. The first-order chi connectivity index (χ1) is 8.68. The summed E-state index contributed by atoms with van der Waals surface area (Å²) in [6.45, 7) is 11.5. The number of carbonyl (C=O) groups excluding carboxylic acids is 1. The molecule has 3 nitrogen and oxygen atoms in total. The molecular formula is C15H21ClN2O. The van der Waals surface area contributed by atoms with Crippen LogP contribution < -0.4 is 5.32 Å². The van der Waals surface area contributed by atoms with Gasteiger partial charge in [0, 0.05) is 18.4 Å². The predicted molar refractivity (Wildman–Crippen MR) is 77.4 cm³/mol. The molecule has 1 aromatic rings. The number of hydrogen-bond acceptors (Lipinski definition) is 2. The number of nitrogens with one attached hydrogen (secondary N) is 1. The molecule has 1 N–H and O–H groups in total. The van der Waals surface area contributed by atoms with E-state index in [1.165, 1.54) is 6.20 Å². The van der Waals surface area contributed by atoms with Gasteiger partial charge in [-0.25, -0.2) is 0 Å². The topological polar surface area (TPSA) is 42.0 Å². The third-order valence-electron chi connectivity index (χ3n) is 5.02. The molecular weight excluding hydrogens is 260 g/mol. The minimum absolute atomic E-state index is 0.143. The van der Waals surface area contributed by atoms with Crippen LogP contribution in [0.2, 0.25) is 5.02 Å². The summed E-state index contributed by atoms with van der Waals surface area (Å²) < 4.78 is 0.